The van der Waals surface area contributed by atoms with Crippen LogP contribution < -0.4 is 10.1 Å². The van der Waals surface area contributed by atoms with Gasteiger partial charge in [0.25, 0.3) is 0 Å². The van der Waals surface area contributed by atoms with Crippen molar-refractivity contribution in [3.63, 3.8) is 0 Å². The highest BCUT2D eigenvalue weighted by atomic mass is 19.1. The number of halogens is 1. The monoisotopic (exact) mass is 254 g/mol. The van der Waals surface area contributed by atoms with Crippen molar-refractivity contribution < 1.29 is 13.9 Å². The first-order chi connectivity index (χ1) is 8.54. The number of carbonyl (C=O) groups excluding carboxylic acids is 1. The number of nitrogens with one attached hydrogen (secondary N) is 1. The number of rotatable bonds is 6. The minimum atomic E-state index is -0.294. The Bertz CT molecular complexity index is 381. The SMILES string of the molecule is CNC(C)C(=O)N(C)CCOc1ccc(F)cc1. The van der Waals surface area contributed by atoms with Gasteiger partial charge in [-0.25, -0.2) is 4.39 Å². The Balaban J connectivity index is 2.33. The molecule has 1 amide bonds. The summed E-state index contributed by atoms with van der Waals surface area (Å²) in [4.78, 5) is 13.3. The molecule has 0 radical (unpaired) electrons. The van der Waals surface area contributed by atoms with Crippen molar-refractivity contribution in [2.24, 2.45) is 0 Å². The van der Waals surface area contributed by atoms with Gasteiger partial charge in [-0.1, -0.05) is 0 Å². The summed E-state index contributed by atoms with van der Waals surface area (Å²) in [6.45, 7) is 2.67. The van der Waals surface area contributed by atoms with Crippen molar-refractivity contribution in [3.8, 4) is 5.75 Å². The van der Waals surface area contributed by atoms with Gasteiger partial charge in [0.2, 0.25) is 5.91 Å². The van der Waals surface area contributed by atoms with E-state index in [4.69, 9.17) is 4.74 Å². The van der Waals surface area contributed by atoms with Gasteiger partial charge in [-0.15, -0.1) is 0 Å². The molecule has 0 heterocycles. The van der Waals surface area contributed by atoms with Crippen LogP contribution in [0, 0.1) is 5.82 Å². The maximum Gasteiger partial charge on any atom is 0.239 e. The molecule has 0 saturated heterocycles. The minimum absolute atomic E-state index is 0.0141. The fourth-order valence-electron chi connectivity index (χ4n) is 1.40. The number of amides is 1. The van der Waals surface area contributed by atoms with E-state index in [2.05, 4.69) is 5.32 Å². The molecule has 18 heavy (non-hydrogen) atoms. The van der Waals surface area contributed by atoms with Crippen LogP contribution >= 0.6 is 0 Å². The number of nitrogens with zero attached hydrogens (tertiary/aromatic N) is 1. The average Bonchev–Trinajstić information content (AvgIpc) is 2.39. The molecule has 1 aromatic carbocycles. The Morgan fingerprint density at radius 3 is 2.61 bits per heavy atom. The van der Waals surface area contributed by atoms with Crippen LogP contribution in [0.2, 0.25) is 0 Å². The Kier molecular flexibility index (Phi) is 5.58. The molecule has 0 spiro atoms. The highest BCUT2D eigenvalue weighted by Crippen LogP contribution is 2.10. The molecule has 0 saturated carbocycles. The van der Waals surface area contributed by atoms with E-state index in [9.17, 15) is 9.18 Å². The molecular weight excluding hydrogens is 235 g/mol. The third-order valence-electron chi connectivity index (χ3n) is 2.69. The molecule has 0 aromatic heterocycles. The van der Waals surface area contributed by atoms with Gasteiger partial charge in [0.05, 0.1) is 12.6 Å². The first-order valence-corrected chi connectivity index (χ1v) is 5.85. The third kappa shape index (κ3) is 4.33. The second-order valence-corrected chi connectivity index (χ2v) is 4.07. The van der Waals surface area contributed by atoms with Crippen LogP contribution in [0.15, 0.2) is 24.3 Å². The smallest absolute Gasteiger partial charge is 0.239 e. The molecule has 100 valence electrons. The molecule has 0 fully saturated rings. The van der Waals surface area contributed by atoms with Crippen molar-refractivity contribution in [3.05, 3.63) is 30.1 Å². The number of likely N-dealkylation sites (N-methyl/N-ethyl adjacent to an activating group) is 2. The van der Waals surface area contributed by atoms with Crippen LogP contribution in [-0.2, 0) is 4.79 Å². The topological polar surface area (TPSA) is 41.6 Å². The van der Waals surface area contributed by atoms with Crippen LogP contribution in [0.3, 0.4) is 0 Å². The molecule has 1 atom stereocenters. The van der Waals surface area contributed by atoms with Crippen molar-refractivity contribution in [2.75, 3.05) is 27.2 Å². The lowest BCUT2D eigenvalue weighted by molar-refractivity contribution is -0.131. The summed E-state index contributed by atoms with van der Waals surface area (Å²) >= 11 is 0. The zero-order chi connectivity index (χ0) is 13.5. The second kappa shape index (κ2) is 6.96. The van der Waals surface area contributed by atoms with Gasteiger partial charge in [-0.05, 0) is 38.2 Å². The van der Waals surface area contributed by atoms with E-state index in [0.29, 0.717) is 18.9 Å². The fourth-order valence-corrected chi connectivity index (χ4v) is 1.40. The van der Waals surface area contributed by atoms with E-state index >= 15 is 0 Å². The van der Waals surface area contributed by atoms with E-state index < -0.39 is 0 Å². The molecule has 4 nitrogen and oxygen atoms in total. The standard InChI is InChI=1S/C13H19FN2O2/c1-10(15-2)13(17)16(3)8-9-18-12-6-4-11(14)5-7-12/h4-7,10,15H,8-9H2,1-3H3. The van der Waals surface area contributed by atoms with Crippen molar-refractivity contribution in [1.82, 2.24) is 10.2 Å². The van der Waals surface area contributed by atoms with Gasteiger partial charge in [0.1, 0.15) is 18.2 Å². The quantitative estimate of drug-likeness (QED) is 0.831. The van der Waals surface area contributed by atoms with Crippen LogP contribution in [0.25, 0.3) is 0 Å². The van der Waals surface area contributed by atoms with E-state index in [1.165, 1.54) is 12.1 Å². The summed E-state index contributed by atoms with van der Waals surface area (Å²) in [5.41, 5.74) is 0. The lowest BCUT2D eigenvalue weighted by atomic mass is 10.3. The van der Waals surface area contributed by atoms with Crippen molar-refractivity contribution in [2.45, 2.75) is 13.0 Å². The first kappa shape index (κ1) is 14.4. The highest BCUT2D eigenvalue weighted by molar-refractivity contribution is 5.81. The van der Waals surface area contributed by atoms with E-state index in [0.717, 1.165) is 0 Å². The van der Waals surface area contributed by atoms with Crippen molar-refractivity contribution in [1.29, 1.82) is 0 Å². The molecule has 0 aliphatic carbocycles. The molecule has 5 heteroatoms. The summed E-state index contributed by atoms with van der Waals surface area (Å²) in [7, 11) is 3.47. The predicted molar refractivity (Wildman–Crippen MR) is 68.1 cm³/mol. The van der Waals surface area contributed by atoms with Crippen LogP contribution in [0.5, 0.6) is 5.75 Å². The largest absolute Gasteiger partial charge is 0.492 e. The van der Waals surface area contributed by atoms with Gasteiger partial charge in [-0.3, -0.25) is 4.79 Å². The second-order valence-electron chi connectivity index (χ2n) is 4.07. The van der Waals surface area contributed by atoms with Crippen LogP contribution in [0.4, 0.5) is 4.39 Å². The normalized spacial score (nSPS) is 12.0. The third-order valence-corrected chi connectivity index (χ3v) is 2.69. The average molecular weight is 254 g/mol. The minimum Gasteiger partial charge on any atom is -0.492 e. The molecule has 1 aromatic rings. The Hall–Kier alpha value is -1.62. The van der Waals surface area contributed by atoms with Gasteiger partial charge in [-0.2, -0.15) is 0 Å². The van der Waals surface area contributed by atoms with Gasteiger partial charge in [0, 0.05) is 7.05 Å². The maximum absolute atomic E-state index is 12.7. The molecule has 1 rings (SSSR count). The molecule has 1 N–H and O–H groups in total. The molecule has 0 aliphatic rings. The van der Waals surface area contributed by atoms with E-state index in [1.807, 2.05) is 0 Å². The number of ether oxygens (including phenoxy) is 1. The zero-order valence-corrected chi connectivity index (χ0v) is 10.9. The van der Waals surface area contributed by atoms with E-state index in [-0.39, 0.29) is 17.8 Å². The lowest BCUT2D eigenvalue weighted by Crippen LogP contribution is -2.43. The van der Waals surface area contributed by atoms with Gasteiger partial charge >= 0.3 is 0 Å². The summed E-state index contributed by atoms with van der Waals surface area (Å²) in [6, 6.07) is 5.60. The van der Waals surface area contributed by atoms with Crippen LogP contribution in [0.1, 0.15) is 6.92 Å². The summed E-state index contributed by atoms with van der Waals surface area (Å²) < 4.78 is 18.1. The van der Waals surface area contributed by atoms with Crippen molar-refractivity contribution >= 4 is 5.91 Å². The summed E-state index contributed by atoms with van der Waals surface area (Å²) in [5.74, 6) is 0.316. The Morgan fingerprint density at radius 2 is 2.06 bits per heavy atom. The van der Waals surface area contributed by atoms with Crippen LogP contribution in [-0.4, -0.2) is 44.1 Å². The first-order valence-electron chi connectivity index (χ1n) is 5.85. The number of hydrogen-bond acceptors (Lipinski definition) is 3. The number of hydrogen-bond donors (Lipinski definition) is 1. The number of benzene rings is 1. The molecule has 1 unspecified atom stereocenters. The fraction of sp³-hybridized carbons (Fsp3) is 0.462. The van der Waals surface area contributed by atoms with Gasteiger partial charge < -0.3 is 15.0 Å². The Labute approximate surface area is 107 Å². The highest BCUT2D eigenvalue weighted by Gasteiger charge is 2.14. The number of carbonyl (C=O) groups is 1. The predicted octanol–water partition coefficient (Wildman–Crippen LogP) is 1.27. The molecule has 0 bridgehead atoms. The lowest BCUT2D eigenvalue weighted by Gasteiger charge is -2.21. The van der Waals surface area contributed by atoms with E-state index in [1.54, 1.807) is 38.1 Å². The maximum atomic E-state index is 12.7. The summed E-state index contributed by atoms with van der Waals surface area (Å²) in [6.07, 6.45) is 0. The van der Waals surface area contributed by atoms with Gasteiger partial charge in [0.15, 0.2) is 0 Å². The molecular formula is C13H19FN2O2. The summed E-state index contributed by atoms with van der Waals surface area (Å²) in [5, 5.41) is 2.89. The Morgan fingerprint density at radius 1 is 1.44 bits per heavy atom. The molecule has 0 aliphatic heterocycles. The zero-order valence-electron chi connectivity index (χ0n) is 10.9.